The second kappa shape index (κ2) is 6.60. The van der Waals surface area contributed by atoms with Crippen LogP contribution in [0.4, 0.5) is 23.2 Å². The molecule has 1 unspecified atom stereocenters. The van der Waals surface area contributed by atoms with E-state index in [0.717, 1.165) is 25.2 Å². The third-order valence-electron chi connectivity index (χ3n) is 3.74. The average Bonchev–Trinajstić information content (AvgIpc) is 2.89. The number of hydrogen-bond donors (Lipinski definition) is 0. The number of oxime groups is 1. The average molecular weight is 330 g/mol. The van der Waals surface area contributed by atoms with Crippen molar-refractivity contribution in [3.8, 4) is 0 Å². The maximum atomic E-state index is 14.2. The van der Waals surface area contributed by atoms with Crippen LogP contribution in [0.2, 0.25) is 0 Å². The fourth-order valence-corrected chi connectivity index (χ4v) is 2.39. The third-order valence-corrected chi connectivity index (χ3v) is 3.74. The molecule has 2 rings (SSSR count). The Labute approximate surface area is 132 Å². The van der Waals surface area contributed by atoms with Crippen LogP contribution in [0.1, 0.15) is 25.8 Å². The first-order valence-corrected chi connectivity index (χ1v) is 7.21. The Morgan fingerprint density at radius 2 is 2.09 bits per heavy atom. The molecule has 1 atom stereocenters. The van der Waals surface area contributed by atoms with Gasteiger partial charge in [-0.3, -0.25) is 0 Å². The van der Waals surface area contributed by atoms with Crippen molar-refractivity contribution in [3.05, 3.63) is 41.9 Å². The Morgan fingerprint density at radius 3 is 2.61 bits per heavy atom. The first kappa shape index (κ1) is 17.3. The highest BCUT2D eigenvalue weighted by Gasteiger charge is 2.35. The molecule has 0 aromatic heterocycles. The number of allylic oxidation sites excluding steroid dienone is 1. The van der Waals surface area contributed by atoms with Crippen LogP contribution in [-0.2, 0) is 4.84 Å². The lowest BCUT2D eigenvalue weighted by Crippen LogP contribution is -2.19. The number of alkyl halides is 3. The van der Waals surface area contributed by atoms with E-state index in [1.165, 1.54) is 19.1 Å². The molecule has 1 fully saturated rings. The normalized spacial score (nSPS) is 19.1. The number of anilines is 1. The lowest BCUT2D eigenvalue weighted by Gasteiger charge is -2.19. The fraction of sp³-hybridized carbons (Fsp3) is 0.438. The lowest BCUT2D eigenvalue weighted by atomic mass is 10.1. The van der Waals surface area contributed by atoms with Crippen LogP contribution in [-0.4, -0.2) is 25.0 Å². The van der Waals surface area contributed by atoms with E-state index >= 15 is 0 Å². The van der Waals surface area contributed by atoms with Crippen LogP contribution < -0.4 is 4.90 Å². The minimum Gasteiger partial charge on any atom is -0.371 e. The van der Waals surface area contributed by atoms with Crippen molar-refractivity contribution in [2.45, 2.75) is 26.4 Å². The summed E-state index contributed by atoms with van der Waals surface area (Å²) >= 11 is 0. The number of halogens is 4. The summed E-state index contributed by atoms with van der Waals surface area (Å²) in [6, 6.07) is 4.59. The highest BCUT2D eigenvalue weighted by atomic mass is 19.4. The second-order valence-electron chi connectivity index (χ2n) is 5.69. The van der Waals surface area contributed by atoms with Crippen LogP contribution in [0, 0.1) is 11.7 Å². The van der Waals surface area contributed by atoms with Crippen molar-refractivity contribution in [2.75, 3.05) is 18.0 Å². The quantitative estimate of drug-likeness (QED) is 0.352. The topological polar surface area (TPSA) is 24.8 Å². The monoisotopic (exact) mass is 330 g/mol. The lowest BCUT2D eigenvalue weighted by molar-refractivity contribution is -0.130. The molecular weight excluding hydrogens is 312 g/mol. The van der Waals surface area contributed by atoms with Gasteiger partial charge in [0.2, 0.25) is 5.76 Å². The minimum atomic E-state index is -4.70. The van der Waals surface area contributed by atoms with Gasteiger partial charge in [-0.05, 0) is 44.0 Å². The molecule has 0 aliphatic carbocycles. The third kappa shape index (κ3) is 4.24. The van der Waals surface area contributed by atoms with Gasteiger partial charge in [-0.2, -0.15) is 13.2 Å². The van der Waals surface area contributed by atoms with Crippen LogP contribution in [0.5, 0.6) is 0 Å². The molecule has 126 valence electrons. The predicted molar refractivity (Wildman–Crippen MR) is 80.9 cm³/mol. The highest BCUT2D eigenvalue weighted by molar-refractivity contribution is 5.98. The van der Waals surface area contributed by atoms with E-state index in [9.17, 15) is 17.6 Å². The van der Waals surface area contributed by atoms with E-state index in [1.807, 2.05) is 0 Å². The van der Waals surface area contributed by atoms with Gasteiger partial charge in [0.25, 0.3) is 0 Å². The summed E-state index contributed by atoms with van der Waals surface area (Å²) in [6.45, 7) is 7.96. The molecule has 0 bridgehead atoms. The molecule has 1 aliphatic rings. The largest absolute Gasteiger partial charge is 0.451 e. The Balaban J connectivity index is 2.12. The van der Waals surface area contributed by atoms with Gasteiger partial charge < -0.3 is 9.74 Å². The summed E-state index contributed by atoms with van der Waals surface area (Å²) in [5.41, 5.74) is 0.856. The zero-order valence-electron chi connectivity index (χ0n) is 13.0. The van der Waals surface area contributed by atoms with Gasteiger partial charge in [-0.1, -0.05) is 12.1 Å². The molecule has 0 radical (unpaired) electrons. The van der Waals surface area contributed by atoms with Crippen molar-refractivity contribution < 1.29 is 22.4 Å². The zero-order chi connectivity index (χ0) is 17.2. The van der Waals surface area contributed by atoms with Gasteiger partial charge in [-0.15, -0.1) is 0 Å². The summed E-state index contributed by atoms with van der Waals surface area (Å²) < 4.78 is 51.0. The van der Waals surface area contributed by atoms with Gasteiger partial charge >= 0.3 is 6.18 Å². The molecule has 23 heavy (non-hydrogen) atoms. The summed E-state index contributed by atoms with van der Waals surface area (Å²) in [4.78, 5) is 6.29. The molecule has 1 heterocycles. The van der Waals surface area contributed by atoms with Crippen LogP contribution in [0.25, 0.3) is 0 Å². The molecule has 0 amide bonds. The fourth-order valence-electron chi connectivity index (χ4n) is 2.39. The summed E-state index contributed by atoms with van der Waals surface area (Å²) in [7, 11) is 0. The molecule has 0 N–H and O–H groups in total. The van der Waals surface area contributed by atoms with Crippen molar-refractivity contribution in [1.29, 1.82) is 0 Å². The van der Waals surface area contributed by atoms with E-state index in [0.29, 0.717) is 5.92 Å². The molecule has 1 saturated heterocycles. The van der Waals surface area contributed by atoms with E-state index in [-0.39, 0.29) is 11.3 Å². The molecule has 1 aromatic rings. The highest BCUT2D eigenvalue weighted by Crippen LogP contribution is 2.27. The number of benzene rings is 1. The Bertz CT molecular complexity index is 625. The van der Waals surface area contributed by atoms with E-state index < -0.39 is 17.8 Å². The van der Waals surface area contributed by atoms with Crippen molar-refractivity contribution >= 4 is 11.4 Å². The van der Waals surface area contributed by atoms with E-state index in [1.54, 1.807) is 6.07 Å². The van der Waals surface area contributed by atoms with Gasteiger partial charge in [0.05, 0.1) is 5.71 Å². The molecule has 1 aliphatic heterocycles. The van der Waals surface area contributed by atoms with Crippen LogP contribution >= 0.6 is 0 Å². The number of hydrogen-bond acceptors (Lipinski definition) is 3. The molecule has 0 saturated carbocycles. The molecule has 1 aromatic carbocycles. The molecular formula is C16H18F4N2O. The van der Waals surface area contributed by atoms with E-state index in [4.69, 9.17) is 0 Å². The summed E-state index contributed by atoms with van der Waals surface area (Å²) in [5.74, 6) is -1.44. The first-order valence-electron chi connectivity index (χ1n) is 7.21. The van der Waals surface area contributed by atoms with Crippen molar-refractivity contribution in [1.82, 2.24) is 0 Å². The molecule has 3 nitrogen and oxygen atoms in total. The van der Waals surface area contributed by atoms with Gasteiger partial charge in [-0.25, -0.2) is 4.39 Å². The van der Waals surface area contributed by atoms with Crippen LogP contribution in [0.15, 0.2) is 35.7 Å². The molecule has 7 heteroatoms. The minimum absolute atomic E-state index is 0.00856. The van der Waals surface area contributed by atoms with Gasteiger partial charge in [0, 0.05) is 24.3 Å². The predicted octanol–water partition coefficient (Wildman–Crippen LogP) is 4.49. The number of rotatable bonds is 4. The maximum absolute atomic E-state index is 14.2. The standard InChI is InChI=1S/C16H18F4N2O/c1-10-6-7-22(9-10)13-4-5-14(15(17)8-13)11(2)21-23-12(3)16(18,19)20/h4-5,8,10H,3,6-7,9H2,1-2H3/b21-11+. The SMILES string of the molecule is C=C(O/N=C(\C)c1ccc(N2CCC(C)C2)cc1F)C(F)(F)F. The van der Waals surface area contributed by atoms with Gasteiger partial charge in [0.15, 0.2) is 0 Å². The van der Waals surface area contributed by atoms with Crippen molar-refractivity contribution in [3.63, 3.8) is 0 Å². The first-order chi connectivity index (χ1) is 10.7. The Morgan fingerprint density at radius 1 is 1.39 bits per heavy atom. The van der Waals surface area contributed by atoms with Crippen molar-refractivity contribution in [2.24, 2.45) is 11.1 Å². The number of nitrogens with zero attached hydrogens (tertiary/aromatic N) is 2. The maximum Gasteiger partial charge on any atom is 0.451 e. The Hall–Kier alpha value is -2.05. The summed E-state index contributed by atoms with van der Waals surface area (Å²) in [5, 5.41) is 3.30. The smallest absolute Gasteiger partial charge is 0.371 e. The second-order valence-corrected chi connectivity index (χ2v) is 5.69. The summed E-state index contributed by atoms with van der Waals surface area (Å²) in [6.07, 6.45) is -3.64. The Kier molecular flexibility index (Phi) is 4.97. The molecule has 0 spiro atoms. The van der Waals surface area contributed by atoms with Gasteiger partial charge in [0.1, 0.15) is 5.82 Å². The van der Waals surface area contributed by atoms with Crippen LogP contribution in [0.3, 0.4) is 0 Å². The van der Waals surface area contributed by atoms with E-state index in [2.05, 4.69) is 28.4 Å². The zero-order valence-corrected chi connectivity index (χ0v) is 13.0.